The highest BCUT2D eigenvalue weighted by atomic mass is 35.5. The number of ether oxygens (including phenoxy) is 2. The molecule has 0 saturated carbocycles. The number of aromatic amines is 1. The molecule has 2 N–H and O–H groups in total. The first-order valence-electron chi connectivity index (χ1n) is 11.2. The molecular formula is C26H26Cl2FN3O2. The Balaban J connectivity index is 1.33. The number of halogens is 3. The van der Waals surface area contributed by atoms with E-state index in [1.165, 1.54) is 6.07 Å². The molecule has 0 bridgehead atoms. The SMILES string of the molecule is CCOc1cc(CNCCCc2nc3ccccc3[nH]2)cc(Cl)c1OCc1c(F)cccc1Cl. The highest BCUT2D eigenvalue weighted by molar-refractivity contribution is 6.32. The van der Waals surface area contributed by atoms with Crippen LogP contribution in [0.5, 0.6) is 11.5 Å². The van der Waals surface area contributed by atoms with Gasteiger partial charge >= 0.3 is 0 Å². The molecule has 5 nitrogen and oxygen atoms in total. The molecule has 4 aromatic rings. The molecule has 0 saturated heterocycles. The Morgan fingerprint density at radius 1 is 1.03 bits per heavy atom. The second-order valence-electron chi connectivity index (χ2n) is 7.81. The van der Waals surface area contributed by atoms with Crippen LogP contribution in [0.2, 0.25) is 10.0 Å². The van der Waals surface area contributed by atoms with E-state index in [2.05, 4.69) is 15.3 Å². The number of para-hydroxylation sites is 2. The first-order chi connectivity index (χ1) is 16.5. The van der Waals surface area contributed by atoms with Gasteiger partial charge < -0.3 is 19.8 Å². The van der Waals surface area contributed by atoms with Gasteiger partial charge in [-0.2, -0.15) is 0 Å². The summed E-state index contributed by atoms with van der Waals surface area (Å²) in [6, 6.07) is 16.3. The zero-order valence-corrected chi connectivity index (χ0v) is 20.3. The Kier molecular flexibility index (Phi) is 8.27. The van der Waals surface area contributed by atoms with Crippen molar-refractivity contribution < 1.29 is 13.9 Å². The summed E-state index contributed by atoms with van der Waals surface area (Å²) in [5, 5.41) is 4.13. The number of hydrogen-bond acceptors (Lipinski definition) is 4. The number of benzene rings is 3. The van der Waals surface area contributed by atoms with Gasteiger partial charge in [0.25, 0.3) is 0 Å². The van der Waals surface area contributed by atoms with Crippen LogP contribution >= 0.6 is 23.2 Å². The number of nitrogens with one attached hydrogen (secondary N) is 2. The van der Waals surface area contributed by atoms with Crippen molar-refractivity contribution in [1.82, 2.24) is 15.3 Å². The molecule has 1 aromatic heterocycles. The van der Waals surface area contributed by atoms with Crippen LogP contribution in [0.1, 0.15) is 30.3 Å². The predicted octanol–water partition coefficient (Wildman–Crippen LogP) is 6.71. The number of H-pyrrole nitrogens is 1. The van der Waals surface area contributed by atoms with Gasteiger partial charge in [-0.05, 0) is 61.9 Å². The van der Waals surface area contributed by atoms with E-state index in [4.69, 9.17) is 32.7 Å². The summed E-state index contributed by atoms with van der Waals surface area (Å²) in [7, 11) is 0. The third-order valence-corrected chi connectivity index (χ3v) is 5.96. The van der Waals surface area contributed by atoms with E-state index < -0.39 is 5.82 Å². The van der Waals surface area contributed by atoms with E-state index in [0.717, 1.165) is 41.8 Å². The van der Waals surface area contributed by atoms with Crippen molar-refractivity contribution in [1.29, 1.82) is 0 Å². The van der Waals surface area contributed by atoms with E-state index in [1.807, 2.05) is 43.3 Å². The Morgan fingerprint density at radius 3 is 2.68 bits per heavy atom. The second kappa shape index (κ2) is 11.6. The molecule has 8 heteroatoms. The Labute approximate surface area is 208 Å². The molecule has 178 valence electrons. The van der Waals surface area contributed by atoms with E-state index in [9.17, 15) is 4.39 Å². The van der Waals surface area contributed by atoms with Gasteiger partial charge in [0.15, 0.2) is 11.5 Å². The zero-order chi connectivity index (χ0) is 23.9. The Morgan fingerprint density at radius 2 is 1.88 bits per heavy atom. The van der Waals surface area contributed by atoms with Crippen molar-refractivity contribution in [3.63, 3.8) is 0 Å². The van der Waals surface area contributed by atoms with Gasteiger partial charge in [-0.15, -0.1) is 0 Å². The molecule has 0 aliphatic rings. The highest BCUT2D eigenvalue weighted by Crippen LogP contribution is 2.37. The van der Waals surface area contributed by atoms with E-state index in [-0.39, 0.29) is 12.2 Å². The van der Waals surface area contributed by atoms with Crippen LogP contribution in [0.3, 0.4) is 0 Å². The molecule has 0 fully saturated rings. The molecule has 4 rings (SSSR count). The van der Waals surface area contributed by atoms with Crippen molar-refractivity contribution in [2.75, 3.05) is 13.2 Å². The maximum atomic E-state index is 14.1. The summed E-state index contributed by atoms with van der Waals surface area (Å²) in [5.41, 5.74) is 3.29. The van der Waals surface area contributed by atoms with Crippen LogP contribution in [-0.4, -0.2) is 23.1 Å². The highest BCUT2D eigenvalue weighted by Gasteiger charge is 2.15. The number of aryl methyl sites for hydroxylation is 1. The minimum Gasteiger partial charge on any atom is -0.490 e. The van der Waals surface area contributed by atoms with E-state index in [1.54, 1.807) is 12.1 Å². The average molecular weight is 502 g/mol. The van der Waals surface area contributed by atoms with Crippen molar-refractivity contribution in [2.45, 2.75) is 32.9 Å². The minimum atomic E-state index is -0.426. The lowest BCUT2D eigenvalue weighted by Gasteiger charge is -2.16. The molecule has 0 unspecified atom stereocenters. The number of imidazole rings is 1. The van der Waals surface area contributed by atoms with Crippen LogP contribution < -0.4 is 14.8 Å². The Bertz CT molecular complexity index is 1210. The van der Waals surface area contributed by atoms with Crippen LogP contribution in [0.15, 0.2) is 54.6 Å². The van der Waals surface area contributed by atoms with Crippen LogP contribution in [-0.2, 0) is 19.6 Å². The largest absolute Gasteiger partial charge is 0.490 e. The van der Waals surface area contributed by atoms with Gasteiger partial charge in [-0.25, -0.2) is 9.37 Å². The molecule has 3 aromatic carbocycles. The summed E-state index contributed by atoms with van der Waals surface area (Å²) >= 11 is 12.6. The smallest absolute Gasteiger partial charge is 0.180 e. The first kappa shape index (κ1) is 24.3. The minimum absolute atomic E-state index is 0.0509. The first-order valence-corrected chi connectivity index (χ1v) is 12.0. The lowest BCUT2D eigenvalue weighted by molar-refractivity contribution is 0.266. The maximum Gasteiger partial charge on any atom is 0.180 e. The van der Waals surface area contributed by atoms with Gasteiger partial charge in [-0.1, -0.05) is 41.4 Å². The molecule has 0 amide bonds. The normalized spacial score (nSPS) is 11.2. The fourth-order valence-electron chi connectivity index (χ4n) is 3.68. The summed E-state index contributed by atoms with van der Waals surface area (Å²) < 4.78 is 25.7. The molecule has 34 heavy (non-hydrogen) atoms. The number of fused-ring (bicyclic) bond motifs is 1. The number of nitrogens with zero attached hydrogens (tertiary/aromatic N) is 1. The van der Waals surface area contributed by atoms with Crippen LogP contribution in [0.4, 0.5) is 4.39 Å². The molecule has 0 spiro atoms. The summed E-state index contributed by atoms with van der Waals surface area (Å²) in [6.07, 6.45) is 1.80. The maximum absolute atomic E-state index is 14.1. The average Bonchev–Trinajstić information content (AvgIpc) is 3.23. The van der Waals surface area contributed by atoms with Crippen LogP contribution in [0.25, 0.3) is 11.0 Å². The predicted molar refractivity (Wildman–Crippen MR) is 134 cm³/mol. The van der Waals surface area contributed by atoms with Crippen molar-refractivity contribution in [3.05, 3.63) is 87.4 Å². The zero-order valence-electron chi connectivity index (χ0n) is 18.8. The van der Waals surface area contributed by atoms with E-state index in [0.29, 0.717) is 34.7 Å². The monoisotopic (exact) mass is 501 g/mol. The van der Waals surface area contributed by atoms with Gasteiger partial charge in [0, 0.05) is 18.5 Å². The summed E-state index contributed by atoms with van der Waals surface area (Å²) in [5.74, 6) is 1.45. The number of hydrogen-bond donors (Lipinski definition) is 2. The standard InChI is InChI=1S/C26H26Cl2FN3O2/c1-2-33-24-14-17(13-20(28)26(24)34-16-18-19(27)7-5-8-21(18)29)15-30-12-6-11-25-31-22-9-3-4-10-23(22)32-25/h3-5,7-10,13-14,30H,2,6,11-12,15-16H2,1H3,(H,31,32). The quantitative estimate of drug-likeness (QED) is 0.224. The van der Waals surface area contributed by atoms with Crippen molar-refractivity contribution >= 4 is 34.2 Å². The Hall–Kier alpha value is -2.80. The summed E-state index contributed by atoms with van der Waals surface area (Å²) in [6.45, 7) is 3.72. The number of rotatable bonds is 11. The van der Waals surface area contributed by atoms with E-state index >= 15 is 0 Å². The van der Waals surface area contributed by atoms with Gasteiger partial charge in [0.2, 0.25) is 0 Å². The van der Waals surface area contributed by atoms with Gasteiger partial charge in [0.1, 0.15) is 18.2 Å². The van der Waals surface area contributed by atoms with Gasteiger partial charge in [0.05, 0.1) is 27.7 Å². The van der Waals surface area contributed by atoms with Crippen molar-refractivity contribution in [3.8, 4) is 11.5 Å². The molecule has 0 aliphatic heterocycles. The lowest BCUT2D eigenvalue weighted by atomic mass is 10.2. The molecular weight excluding hydrogens is 476 g/mol. The van der Waals surface area contributed by atoms with Crippen molar-refractivity contribution in [2.24, 2.45) is 0 Å². The molecule has 1 heterocycles. The lowest BCUT2D eigenvalue weighted by Crippen LogP contribution is -2.15. The molecule has 0 aliphatic carbocycles. The second-order valence-corrected chi connectivity index (χ2v) is 8.62. The third-order valence-electron chi connectivity index (χ3n) is 5.33. The topological polar surface area (TPSA) is 59.2 Å². The summed E-state index contributed by atoms with van der Waals surface area (Å²) in [4.78, 5) is 7.96. The third kappa shape index (κ3) is 6.00. The fourth-order valence-corrected chi connectivity index (χ4v) is 4.18. The fraction of sp³-hybridized carbons (Fsp3) is 0.269. The van der Waals surface area contributed by atoms with Gasteiger partial charge in [-0.3, -0.25) is 0 Å². The molecule has 0 atom stereocenters. The van der Waals surface area contributed by atoms with Crippen LogP contribution in [0, 0.1) is 5.82 Å². The molecule has 0 radical (unpaired) electrons. The number of aromatic nitrogens is 2.